The first-order valence-electron chi connectivity index (χ1n) is 14.1. The molecule has 2 atom stereocenters. The molecule has 5 N–H and O–H groups in total. The molecule has 0 aromatic heterocycles. The number of unbranched alkanes of at least 4 members (excludes halogenated alkanes) is 2. The summed E-state index contributed by atoms with van der Waals surface area (Å²) in [6.07, 6.45) is 3.20. The summed E-state index contributed by atoms with van der Waals surface area (Å²) in [6, 6.07) is 12.5. The maximum atomic E-state index is 13.6. The van der Waals surface area contributed by atoms with E-state index in [1.54, 1.807) is 18.2 Å². The zero-order valence-corrected chi connectivity index (χ0v) is 24.3. The van der Waals surface area contributed by atoms with Gasteiger partial charge in [0, 0.05) is 38.5 Å². The molecule has 0 fully saturated rings. The van der Waals surface area contributed by atoms with Crippen molar-refractivity contribution in [2.45, 2.75) is 64.1 Å². The second-order valence-corrected chi connectivity index (χ2v) is 9.71. The fourth-order valence-electron chi connectivity index (χ4n) is 4.22. The molecule has 0 aliphatic carbocycles. The summed E-state index contributed by atoms with van der Waals surface area (Å²) in [6.45, 7) is 2.56. The van der Waals surface area contributed by atoms with Crippen molar-refractivity contribution in [3.63, 3.8) is 0 Å². The number of hydrogen-bond donors (Lipinski definition) is 5. The van der Waals surface area contributed by atoms with Crippen LogP contribution in [0.1, 0.15) is 49.3 Å². The Labute approximate surface area is 246 Å². The Bertz CT molecular complexity index is 1080. The van der Waals surface area contributed by atoms with Crippen molar-refractivity contribution >= 4 is 17.7 Å². The molecule has 0 aliphatic heterocycles. The highest BCUT2D eigenvalue weighted by Gasteiger charge is 2.27. The third kappa shape index (κ3) is 13.0. The fourth-order valence-corrected chi connectivity index (χ4v) is 4.22. The molecule has 0 bridgehead atoms. The van der Waals surface area contributed by atoms with Crippen LogP contribution in [0.15, 0.2) is 48.5 Å². The van der Waals surface area contributed by atoms with Gasteiger partial charge in [-0.25, -0.2) is 9.78 Å². The maximum absolute atomic E-state index is 13.6. The van der Waals surface area contributed by atoms with Crippen LogP contribution in [0.5, 0.6) is 5.75 Å². The van der Waals surface area contributed by atoms with Gasteiger partial charge in [0.25, 0.3) is 0 Å². The molecule has 0 spiro atoms. The number of methoxy groups -OCH3 is 1. The summed E-state index contributed by atoms with van der Waals surface area (Å²) in [5.74, 6) is -0.800. The molecule has 2 aromatic carbocycles. The predicted octanol–water partition coefficient (Wildman–Crippen LogP) is 2.64. The van der Waals surface area contributed by atoms with Crippen molar-refractivity contribution in [1.82, 2.24) is 16.0 Å². The Morgan fingerprint density at radius 3 is 2.26 bits per heavy atom. The molecule has 0 saturated heterocycles. The minimum absolute atomic E-state index is 0.0559. The number of benzene rings is 2. The number of hydrogen-bond acceptors (Lipinski definition) is 9. The van der Waals surface area contributed by atoms with Gasteiger partial charge in [-0.15, -0.1) is 0 Å². The van der Waals surface area contributed by atoms with Crippen molar-refractivity contribution < 1.29 is 44.1 Å². The molecule has 2 unspecified atom stereocenters. The van der Waals surface area contributed by atoms with Crippen LogP contribution < -0.4 is 20.7 Å². The first-order chi connectivity index (χ1) is 20.4. The standard InChI is InChI=1S/C30H43N3O9/c1-3-4-8-14-31-29(35)25(20-23-11-12-27(40-16-17-41-37)24(18-23)21-42-38)33-30(36)26(32-28(34)13-15-39-2)19-22-9-6-5-7-10-22/h5-7,9-12,18,25-26,37-38H,3-4,8,13-17,19-21H2,1-2H3,(H,31,35)(H,32,34)(H,33,36). The van der Waals surface area contributed by atoms with Gasteiger partial charge in [-0.3, -0.25) is 24.9 Å². The third-order valence-corrected chi connectivity index (χ3v) is 6.40. The van der Waals surface area contributed by atoms with Gasteiger partial charge < -0.3 is 25.4 Å². The summed E-state index contributed by atoms with van der Waals surface area (Å²) in [4.78, 5) is 47.7. The average molecular weight is 590 g/mol. The summed E-state index contributed by atoms with van der Waals surface area (Å²) in [5.41, 5.74) is 2.01. The lowest BCUT2D eigenvalue weighted by molar-refractivity contribution is -0.253. The lowest BCUT2D eigenvalue weighted by Crippen LogP contribution is -2.55. The average Bonchev–Trinajstić information content (AvgIpc) is 2.99. The van der Waals surface area contributed by atoms with E-state index in [1.165, 1.54) is 7.11 Å². The van der Waals surface area contributed by atoms with Crippen LogP contribution >= 0.6 is 0 Å². The van der Waals surface area contributed by atoms with Gasteiger partial charge in [-0.2, -0.15) is 0 Å². The van der Waals surface area contributed by atoms with Gasteiger partial charge in [0.2, 0.25) is 17.7 Å². The van der Waals surface area contributed by atoms with Crippen molar-refractivity contribution in [2.24, 2.45) is 0 Å². The summed E-state index contributed by atoms with van der Waals surface area (Å²) in [5, 5.41) is 26.1. The Balaban J connectivity index is 2.27. The van der Waals surface area contributed by atoms with Gasteiger partial charge >= 0.3 is 0 Å². The minimum Gasteiger partial charge on any atom is -0.491 e. The molecule has 0 radical (unpaired) electrons. The molecule has 0 aliphatic rings. The topological polar surface area (TPSA) is 165 Å². The van der Waals surface area contributed by atoms with E-state index in [1.807, 2.05) is 30.3 Å². The van der Waals surface area contributed by atoms with E-state index in [-0.39, 0.29) is 57.5 Å². The molecule has 0 saturated carbocycles. The number of carbonyl (C=O) groups excluding carboxylic acids is 3. The van der Waals surface area contributed by atoms with Crippen LogP contribution in [0.4, 0.5) is 0 Å². The number of nitrogens with one attached hydrogen (secondary N) is 3. The van der Waals surface area contributed by atoms with Crippen molar-refractivity contribution in [3.8, 4) is 5.75 Å². The second kappa shape index (κ2) is 20.3. The fraction of sp³-hybridized carbons (Fsp3) is 0.500. The van der Waals surface area contributed by atoms with E-state index in [0.717, 1.165) is 24.8 Å². The Hall–Kier alpha value is -3.55. The molecule has 2 rings (SSSR count). The van der Waals surface area contributed by atoms with Crippen LogP contribution in [-0.4, -0.2) is 73.8 Å². The van der Waals surface area contributed by atoms with E-state index in [0.29, 0.717) is 23.4 Å². The summed E-state index contributed by atoms with van der Waals surface area (Å²) < 4.78 is 10.5. The highest BCUT2D eigenvalue weighted by molar-refractivity contribution is 5.92. The third-order valence-electron chi connectivity index (χ3n) is 6.40. The minimum atomic E-state index is -0.953. The lowest BCUT2D eigenvalue weighted by atomic mass is 10.0. The highest BCUT2D eigenvalue weighted by Crippen LogP contribution is 2.22. The summed E-state index contributed by atoms with van der Waals surface area (Å²) >= 11 is 0. The molecule has 42 heavy (non-hydrogen) atoms. The highest BCUT2D eigenvalue weighted by atomic mass is 17.1. The first kappa shape index (κ1) is 34.7. The molecule has 12 nitrogen and oxygen atoms in total. The van der Waals surface area contributed by atoms with Crippen LogP contribution in [0.3, 0.4) is 0 Å². The van der Waals surface area contributed by atoms with Gasteiger partial charge in [-0.05, 0) is 29.7 Å². The van der Waals surface area contributed by atoms with Crippen LogP contribution in [0.2, 0.25) is 0 Å². The Morgan fingerprint density at radius 2 is 1.57 bits per heavy atom. The van der Waals surface area contributed by atoms with E-state index in [9.17, 15) is 14.4 Å². The monoisotopic (exact) mass is 589 g/mol. The van der Waals surface area contributed by atoms with Crippen molar-refractivity contribution in [1.29, 1.82) is 0 Å². The number of carbonyl (C=O) groups is 3. The van der Waals surface area contributed by atoms with E-state index in [2.05, 4.69) is 32.6 Å². The molecule has 2 aromatic rings. The van der Waals surface area contributed by atoms with E-state index in [4.69, 9.17) is 20.0 Å². The van der Waals surface area contributed by atoms with Crippen molar-refractivity contribution in [3.05, 3.63) is 65.2 Å². The summed E-state index contributed by atoms with van der Waals surface area (Å²) in [7, 11) is 1.49. The lowest BCUT2D eigenvalue weighted by Gasteiger charge is -2.24. The van der Waals surface area contributed by atoms with E-state index >= 15 is 0 Å². The molecular weight excluding hydrogens is 546 g/mol. The number of amides is 3. The molecule has 232 valence electrons. The Morgan fingerprint density at radius 1 is 0.833 bits per heavy atom. The maximum Gasteiger partial charge on any atom is 0.243 e. The van der Waals surface area contributed by atoms with Crippen LogP contribution in [-0.2, 0) is 48.3 Å². The quantitative estimate of drug-likeness (QED) is 0.0836. The van der Waals surface area contributed by atoms with Gasteiger partial charge in [0.05, 0.1) is 6.61 Å². The SMILES string of the molecule is CCCCCNC(=O)C(Cc1ccc(OCCOO)c(COO)c1)NC(=O)C(Cc1ccccc1)NC(=O)CCOC. The zero-order valence-electron chi connectivity index (χ0n) is 24.3. The molecular formula is C30H43N3O9. The largest absolute Gasteiger partial charge is 0.491 e. The second-order valence-electron chi connectivity index (χ2n) is 9.71. The van der Waals surface area contributed by atoms with Gasteiger partial charge in [0.15, 0.2) is 0 Å². The molecule has 0 heterocycles. The Kier molecular flexibility index (Phi) is 16.8. The van der Waals surface area contributed by atoms with Gasteiger partial charge in [0.1, 0.15) is 37.7 Å². The normalized spacial score (nSPS) is 12.3. The molecule has 3 amide bonds. The first-order valence-corrected chi connectivity index (χ1v) is 14.1. The van der Waals surface area contributed by atoms with Crippen LogP contribution in [0, 0.1) is 0 Å². The van der Waals surface area contributed by atoms with Crippen LogP contribution in [0.25, 0.3) is 0 Å². The van der Waals surface area contributed by atoms with Gasteiger partial charge in [-0.1, -0.05) is 56.2 Å². The smallest absolute Gasteiger partial charge is 0.243 e. The van der Waals surface area contributed by atoms with Crippen molar-refractivity contribution in [2.75, 3.05) is 33.5 Å². The number of ether oxygens (including phenoxy) is 2. The number of rotatable bonds is 21. The predicted molar refractivity (Wildman–Crippen MR) is 155 cm³/mol. The van der Waals surface area contributed by atoms with E-state index < -0.39 is 18.0 Å². The molecule has 12 heteroatoms. The zero-order chi connectivity index (χ0) is 30.6.